The van der Waals surface area contributed by atoms with Gasteiger partial charge in [0, 0.05) is 11.6 Å². The Hall–Kier alpha value is -1.07. The molecule has 17 heavy (non-hydrogen) atoms. The van der Waals surface area contributed by atoms with E-state index in [4.69, 9.17) is 5.11 Å². The summed E-state index contributed by atoms with van der Waals surface area (Å²) in [7, 11) is 0. The molecular formula is C12H18BrNO3. The molecule has 1 aromatic carbocycles. The molecule has 0 aliphatic heterocycles. The van der Waals surface area contributed by atoms with Gasteiger partial charge in [-0.05, 0) is 25.1 Å². The molecule has 1 atom stereocenters. The Morgan fingerprint density at radius 3 is 2.24 bits per heavy atom. The third-order valence-corrected chi connectivity index (χ3v) is 2.24. The summed E-state index contributed by atoms with van der Waals surface area (Å²) in [6.45, 7) is 5.68. The molecule has 0 saturated heterocycles. The van der Waals surface area contributed by atoms with Gasteiger partial charge in [-0.1, -0.05) is 13.8 Å². The average molecular weight is 304 g/mol. The Morgan fingerprint density at radius 1 is 1.18 bits per heavy atom. The maximum Gasteiger partial charge on any atom is 0.179 e. The van der Waals surface area contributed by atoms with Gasteiger partial charge in [-0.2, -0.15) is 0 Å². The molecule has 0 saturated carbocycles. The van der Waals surface area contributed by atoms with E-state index in [1.54, 1.807) is 6.92 Å². The van der Waals surface area contributed by atoms with E-state index >= 15 is 0 Å². The van der Waals surface area contributed by atoms with Crippen LogP contribution in [0, 0.1) is 0 Å². The van der Waals surface area contributed by atoms with Gasteiger partial charge in [-0.25, -0.2) is 0 Å². The number of nitrogens with one attached hydrogen (secondary N) is 1. The van der Waals surface area contributed by atoms with Crippen molar-refractivity contribution in [1.82, 2.24) is 5.32 Å². The van der Waals surface area contributed by atoms with E-state index in [2.05, 4.69) is 5.32 Å². The molecule has 0 amide bonds. The summed E-state index contributed by atoms with van der Waals surface area (Å²) < 4.78 is 0. The van der Waals surface area contributed by atoms with E-state index < -0.39 is 0 Å². The third-order valence-electron chi connectivity index (χ3n) is 2.24. The number of phenols is 2. The van der Waals surface area contributed by atoms with Crippen LogP contribution in [0.5, 0.6) is 11.5 Å². The quantitative estimate of drug-likeness (QED) is 0.589. The van der Waals surface area contributed by atoms with E-state index in [0.717, 1.165) is 0 Å². The van der Waals surface area contributed by atoms with Crippen LogP contribution in [0.2, 0.25) is 0 Å². The SMILES string of the molecule is Br.CC(C)NC(C)C(=O)c1ccc(O)c(O)c1. The number of benzene rings is 1. The van der Waals surface area contributed by atoms with Gasteiger partial charge in [-0.3, -0.25) is 4.79 Å². The van der Waals surface area contributed by atoms with Crippen LogP contribution in [0.15, 0.2) is 18.2 Å². The lowest BCUT2D eigenvalue weighted by Crippen LogP contribution is -2.38. The van der Waals surface area contributed by atoms with Crippen LogP contribution in [0.3, 0.4) is 0 Å². The average Bonchev–Trinajstić information content (AvgIpc) is 2.20. The van der Waals surface area contributed by atoms with Crippen LogP contribution >= 0.6 is 17.0 Å². The zero-order valence-electron chi connectivity index (χ0n) is 10.1. The second kappa shape index (κ2) is 6.61. The molecule has 0 fully saturated rings. The van der Waals surface area contributed by atoms with Crippen LogP contribution in [-0.2, 0) is 0 Å². The first kappa shape index (κ1) is 15.9. The fourth-order valence-electron chi connectivity index (χ4n) is 1.50. The van der Waals surface area contributed by atoms with Gasteiger partial charge in [-0.15, -0.1) is 17.0 Å². The molecule has 0 aliphatic carbocycles. The molecular weight excluding hydrogens is 286 g/mol. The monoisotopic (exact) mass is 303 g/mol. The number of ketones is 1. The Labute approximate surface area is 111 Å². The number of carbonyl (C=O) groups excluding carboxylic acids is 1. The summed E-state index contributed by atoms with van der Waals surface area (Å²) in [6.07, 6.45) is 0. The smallest absolute Gasteiger partial charge is 0.179 e. The number of phenolic OH excluding ortho intramolecular Hbond substituents is 2. The maximum atomic E-state index is 11.9. The molecule has 1 rings (SSSR count). The van der Waals surface area contributed by atoms with Crippen molar-refractivity contribution in [1.29, 1.82) is 0 Å². The largest absolute Gasteiger partial charge is 0.504 e. The molecule has 0 radical (unpaired) electrons. The summed E-state index contributed by atoms with van der Waals surface area (Å²) in [5.74, 6) is -0.604. The number of hydrogen-bond acceptors (Lipinski definition) is 4. The van der Waals surface area contributed by atoms with E-state index in [9.17, 15) is 9.90 Å². The summed E-state index contributed by atoms with van der Waals surface area (Å²) in [5, 5.41) is 21.5. The van der Waals surface area contributed by atoms with E-state index in [1.807, 2.05) is 13.8 Å². The van der Waals surface area contributed by atoms with Crippen LogP contribution in [-0.4, -0.2) is 28.1 Å². The third kappa shape index (κ3) is 4.36. The van der Waals surface area contributed by atoms with Crippen molar-refractivity contribution in [3.63, 3.8) is 0 Å². The van der Waals surface area contributed by atoms with Crippen molar-refractivity contribution in [2.24, 2.45) is 0 Å². The molecule has 0 aliphatic rings. The first-order valence-corrected chi connectivity index (χ1v) is 5.24. The van der Waals surface area contributed by atoms with Gasteiger partial charge < -0.3 is 15.5 Å². The second-order valence-electron chi connectivity index (χ2n) is 4.11. The number of rotatable bonds is 4. The Morgan fingerprint density at radius 2 is 1.76 bits per heavy atom. The zero-order chi connectivity index (χ0) is 12.3. The molecule has 3 N–H and O–H groups in total. The summed E-state index contributed by atoms with van der Waals surface area (Å²) in [6, 6.07) is 3.98. The summed E-state index contributed by atoms with van der Waals surface area (Å²) in [4.78, 5) is 11.9. The van der Waals surface area contributed by atoms with Crippen molar-refractivity contribution in [2.45, 2.75) is 32.9 Å². The van der Waals surface area contributed by atoms with Crippen molar-refractivity contribution >= 4 is 22.8 Å². The number of carbonyl (C=O) groups is 1. The number of halogens is 1. The maximum absolute atomic E-state index is 11.9. The minimum absolute atomic E-state index is 0. The first-order valence-electron chi connectivity index (χ1n) is 5.24. The van der Waals surface area contributed by atoms with Gasteiger partial charge in [0.1, 0.15) is 0 Å². The lowest BCUT2D eigenvalue weighted by Gasteiger charge is -2.15. The lowest BCUT2D eigenvalue weighted by molar-refractivity contribution is 0.0946. The van der Waals surface area contributed by atoms with E-state index in [1.165, 1.54) is 18.2 Å². The van der Waals surface area contributed by atoms with Crippen LogP contribution in [0.25, 0.3) is 0 Å². The molecule has 4 nitrogen and oxygen atoms in total. The van der Waals surface area contributed by atoms with Crippen LogP contribution in [0.4, 0.5) is 0 Å². The fourth-order valence-corrected chi connectivity index (χ4v) is 1.50. The lowest BCUT2D eigenvalue weighted by atomic mass is 10.0. The standard InChI is InChI=1S/C12H17NO3.BrH/c1-7(2)13-8(3)12(16)9-4-5-10(14)11(15)6-9;/h4-8,13-15H,1-3H3;1H. The van der Waals surface area contributed by atoms with Crippen molar-refractivity contribution in [2.75, 3.05) is 0 Å². The van der Waals surface area contributed by atoms with Gasteiger partial charge in [0.2, 0.25) is 0 Å². The number of aromatic hydroxyl groups is 2. The van der Waals surface area contributed by atoms with E-state index in [0.29, 0.717) is 5.56 Å². The van der Waals surface area contributed by atoms with Gasteiger partial charge in [0.15, 0.2) is 17.3 Å². The highest BCUT2D eigenvalue weighted by Crippen LogP contribution is 2.25. The highest BCUT2D eigenvalue weighted by atomic mass is 79.9. The summed E-state index contributed by atoms with van der Waals surface area (Å²) >= 11 is 0. The fraction of sp³-hybridized carbons (Fsp3) is 0.417. The molecule has 96 valence electrons. The minimum atomic E-state index is -0.316. The van der Waals surface area contributed by atoms with Crippen molar-refractivity contribution < 1.29 is 15.0 Å². The highest BCUT2D eigenvalue weighted by Gasteiger charge is 2.16. The summed E-state index contributed by atoms with van der Waals surface area (Å²) in [5.41, 5.74) is 0.385. The van der Waals surface area contributed by atoms with Crippen LogP contribution in [0.1, 0.15) is 31.1 Å². The van der Waals surface area contributed by atoms with Gasteiger partial charge >= 0.3 is 0 Å². The molecule has 0 bridgehead atoms. The Balaban J connectivity index is 0.00000256. The van der Waals surface area contributed by atoms with Crippen molar-refractivity contribution in [3.8, 4) is 11.5 Å². The molecule has 5 heteroatoms. The highest BCUT2D eigenvalue weighted by molar-refractivity contribution is 8.93. The normalized spacial score (nSPS) is 12.0. The van der Waals surface area contributed by atoms with Crippen molar-refractivity contribution in [3.05, 3.63) is 23.8 Å². The van der Waals surface area contributed by atoms with Gasteiger partial charge in [0.25, 0.3) is 0 Å². The second-order valence-corrected chi connectivity index (χ2v) is 4.11. The Bertz CT molecular complexity index is 393. The Kier molecular flexibility index (Phi) is 6.20. The molecule has 0 spiro atoms. The molecule has 0 aromatic heterocycles. The predicted octanol–water partition coefficient (Wildman–Crippen LogP) is 2.24. The number of hydrogen-bond donors (Lipinski definition) is 3. The van der Waals surface area contributed by atoms with Gasteiger partial charge in [0.05, 0.1) is 6.04 Å². The number of Topliss-reactive ketones (excluding diaryl/α,β-unsaturated/α-hetero) is 1. The molecule has 1 aromatic rings. The predicted molar refractivity (Wildman–Crippen MR) is 72.2 cm³/mol. The topological polar surface area (TPSA) is 69.6 Å². The van der Waals surface area contributed by atoms with Crippen LogP contribution < -0.4 is 5.32 Å². The minimum Gasteiger partial charge on any atom is -0.504 e. The first-order chi connectivity index (χ1) is 7.41. The van der Waals surface area contributed by atoms with E-state index in [-0.39, 0.29) is 46.3 Å². The molecule has 0 heterocycles. The zero-order valence-corrected chi connectivity index (χ0v) is 11.8. The molecule has 1 unspecified atom stereocenters.